The lowest BCUT2D eigenvalue weighted by Gasteiger charge is -2.08. The average molecular weight is 377 g/mol. The molecule has 120 valence electrons. The first kappa shape index (κ1) is 17.0. The molecule has 2 aromatic carbocycles. The average Bonchev–Trinajstić information content (AvgIpc) is 2.55. The minimum atomic E-state index is -0.963. The molecule has 0 radical (unpaired) electrons. The van der Waals surface area contributed by atoms with Gasteiger partial charge in [0.25, 0.3) is 0 Å². The quantitative estimate of drug-likeness (QED) is 0.724. The number of benzene rings is 2. The van der Waals surface area contributed by atoms with Gasteiger partial charge in [0.15, 0.2) is 0 Å². The van der Waals surface area contributed by atoms with Crippen LogP contribution in [0.5, 0.6) is 0 Å². The summed E-state index contributed by atoms with van der Waals surface area (Å²) in [5, 5.41) is 14.3. The van der Waals surface area contributed by atoms with Gasteiger partial charge in [0.2, 0.25) is 0 Å². The first-order valence-electron chi connectivity index (χ1n) is 7.13. The zero-order valence-electron chi connectivity index (χ0n) is 12.4. The standard InChI is InChI=1S/C17H17BrN2O3/c18-15-7-3-12(4-8-15)9-10-19-17(23)20-11-13-1-5-14(6-2-13)16(21)22/h1-8H,9-11H2,(H,21,22)(H2,19,20,23). The van der Waals surface area contributed by atoms with Gasteiger partial charge in [-0.1, -0.05) is 40.2 Å². The van der Waals surface area contributed by atoms with E-state index in [-0.39, 0.29) is 11.6 Å². The maximum Gasteiger partial charge on any atom is 0.335 e. The minimum absolute atomic E-state index is 0.229. The van der Waals surface area contributed by atoms with Gasteiger partial charge in [0.1, 0.15) is 0 Å². The van der Waals surface area contributed by atoms with Crippen LogP contribution < -0.4 is 10.6 Å². The van der Waals surface area contributed by atoms with Crippen molar-refractivity contribution < 1.29 is 14.7 Å². The van der Waals surface area contributed by atoms with Crippen molar-refractivity contribution in [2.24, 2.45) is 0 Å². The van der Waals surface area contributed by atoms with E-state index in [1.54, 1.807) is 12.1 Å². The Morgan fingerprint density at radius 3 is 2.13 bits per heavy atom. The van der Waals surface area contributed by atoms with Crippen LogP contribution >= 0.6 is 15.9 Å². The lowest BCUT2D eigenvalue weighted by molar-refractivity contribution is 0.0697. The molecular weight excluding hydrogens is 360 g/mol. The molecule has 23 heavy (non-hydrogen) atoms. The van der Waals surface area contributed by atoms with Crippen molar-refractivity contribution in [1.29, 1.82) is 0 Å². The number of carbonyl (C=O) groups is 2. The predicted molar refractivity (Wildman–Crippen MR) is 91.5 cm³/mol. The van der Waals surface area contributed by atoms with Crippen LogP contribution in [0.15, 0.2) is 53.0 Å². The van der Waals surface area contributed by atoms with E-state index >= 15 is 0 Å². The number of aromatic carboxylic acids is 1. The van der Waals surface area contributed by atoms with Gasteiger partial charge in [0.05, 0.1) is 5.56 Å². The Hall–Kier alpha value is -2.34. The van der Waals surface area contributed by atoms with Gasteiger partial charge in [-0.25, -0.2) is 9.59 Å². The highest BCUT2D eigenvalue weighted by molar-refractivity contribution is 9.10. The molecule has 6 heteroatoms. The number of urea groups is 1. The Kier molecular flexibility index (Phi) is 6.17. The van der Waals surface area contributed by atoms with Crippen molar-refractivity contribution in [1.82, 2.24) is 10.6 Å². The summed E-state index contributed by atoms with van der Waals surface area (Å²) in [4.78, 5) is 22.5. The summed E-state index contributed by atoms with van der Waals surface area (Å²) >= 11 is 3.38. The van der Waals surface area contributed by atoms with Crippen molar-refractivity contribution in [2.75, 3.05) is 6.54 Å². The second-order valence-corrected chi connectivity index (χ2v) is 5.90. The number of amides is 2. The van der Waals surface area contributed by atoms with Gasteiger partial charge in [0, 0.05) is 17.6 Å². The van der Waals surface area contributed by atoms with Crippen molar-refractivity contribution in [2.45, 2.75) is 13.0 Å². The molecule has 0 heterocycles. The van der Waals surface area contributed by atoms with Crippen LogP contribution in [-0.2, 0) is 13.0 Å². The first-order valence-corrected chi connectivity index (χ1v) is 7.92. The van der Waals surface area contributed by atoms with Crippen molar-refractivity contribution in [3.63, 3.8) is 0 Å². The third kappa shape index (κ3) is 5.75. The molecule has 2 aromatic rings. The normalized spacial score (nSPS) is 10.1. The van der Waals surface area contributed by atoms with Crippen LogP contribution in [0.1, 0.15) is 21.5 Å². The largest absolute Gasteiger partial charge is 0.478 e. The number of carboxylic acid groups (broad SMARTS) is 1. The molecule has 0 fully saturated rings. The molecule has 2 amide bonds. The Bertz CT molecular complexity index is 669. The molecule has 0 aromatic heterocycles. The summed E-state index contributed by atoms with van der Waals surface area (Å²) < 4.78 is 1.03. The molecule has 0 aliphatic rings. The zero-order chi connectivity index (χ0) is 16.7. The van der Waals surface area contributed by atoms with Crippen LogP contribution in [0, 0.1) is 0 Å². The van der Waals surface area contributed by atoms with Crippen molar-refractivity contribution in [3.05, 3.63) is 69.7 Å². The lowest BCUT2D eigenvalue weighted by Crippen LogP contribution is -2.36. The van der Waals surface area contributed by atoms with Crippen molar-refractivity contribution in [3.8, 4) is 0 Å². The monoisotopic (exact) mass is 376 g/mol. The summed E-state index contributed by atoms with van der Waals surface area (Å²) in [6.07, 6.45) is 0.758. The molecule has 0 saturated heterocycles. The maximum atomic E-state index is 11.7. The van der Waals surface area contributed by atoms with Crippen molar-refractivity contribution >= 4 is 27.9 Å². The number of halogens is 1. The summed E-state index contributed by atoms with van der Waals surface area (Å²) in [5.41, 5.74) is 2.23. The number of rotatable bonds is 6. The van der Waals surface area contributed by atoms with Crippen LogP contribution in [0.3, 0.4) is 0 Å². The number of hydrogen-bond acceptors (Lipinski definition) is 2. The Balaban J connectivity index is 1.70. The highest BCUT2D eigenvalue weighted by Gasteiger charge is 2.03. The molecule has 0 aliphatic heterocycles. The third-order valence-electron chi connectivity index (χ3n) is 3.27. The second kappa shape index (κ2) is 8.33. The van der Waals surface area contributed by atoms with Gasteiger partial charge in [-0.15, -0.1) is 0 Å². The first-order chi connectivity index (χ1) is 11.0. The smallest absolute Gasteiger partial charge is 0.335 e. The summed E-state index contributed by atoms with van der Waals surface area (Å²) in [6.45, 7) is 0.898. The van der Waals surface area contributed by atoms with Gasteiger partial charge in [-0.2, -0.15) is 0 Å². The van der Waals surface area contributed by atoms with E-state index in [0.29, 0.717) is 13.1 Å². The van der Waals surface area contributed by atoms with Gasteiger partial charge in [-0.05, 0) is 41.8 Å². The molecule has 0 unspecified atom stereocenters. The SMILES string of the molecule is O=C(NCCc1ccc(Br)cc1)NCc1ccc(C(=O)O)cc1. The van der Waals surface area contributed by atoms with Crippen LogP contribution in [0.4, 0.5) is 4.79 Å². The van der Waals surface area contributed by atoms with E-state index in [0.717, 1.165) is 22.0 Å². The fourth-order valence-corrected chi connectivity index (χ4v) is 2.25. The molecule has 0 aliphatic carbocycles. The topological polar surface area (TPSA) is 78.4 Å². The highest BCUT2D eigenvalue weighted by atomic mass is 79.9. The predicted octanol–water partition coefficient (Wildman–Crippen LogP) is 3.19. The maximum absolute atomic E-state index is 11.7. The van der Waals surface area contributed by atoms with Gasteiger partial charge >= 0.3 is 12.0 Å². The molecule has 0 saturated carbocycles. The Labute approximate surface area is 142 Å². The van der Waals surface area contributed by atoms with Crippen LogP contribution in [-0.4, -0.2) is 23.7 Å². The van der Waals surface area contributed by atoms with E-state index in [9.17, 15) is 9.59 Å². The summed E-state index contributed by atoms with van der Waals surface area (Å²) in [7, 11) is 0. The summed E-state index contributed by atoms with van der Waals surface area (Å²) in [6, 6.07) is 14.1. The van der Waals surface area contributed by atoms with Crippen LogP contribution in [0.2, 0.25) is 0 Å². The lowest BCUT2D eigenvalue weighted by atomic mass is 10.1. The molecule has 0 atom stereocenters. The molecule has 0 spiro atoms. The van der Waals surface area contributed by atoms with E-state index in [1.165, 1.54) is 12.1 Å². The van der Waals surface area contributed by atoms with E-state index in [1.807, 2.05) is 24.3 Å². The number of carboxylic acids is 1. The van der Waals surface area contributed by atoms with Gasteiger partial charge < -0.3 is 15.7 Å². The van der Waals surface area contributed by atoms with Crippen LogP contribution in [0.25, 0.3) is 0 Å². The number of hydrogen-bond donors (Lipinski definition) is 3. The molecule has 0 bridgehead atoms. The fourth-order valence-electron chi connectivity index (χ4n) is 1.98. The molecular formula is C17H17BrN2O3. The summed E-state index contributed by atoms with van der Waals surface area (Å²) in [5.74, 6) is -0.963. The highest BCUT2D eigenvalue weighted by Crippen LogP contribution is 2.10. The van der Waals surface area contributed by atoms with Gasteiger partial charge in [-0.3, -0.25) is 0 Å². The second-order valence-electron chi connectivity index (χ2n) is 4.99. The van der Waals surface area contributed by atoms with E-state index in [4.69, 9.17) is 5.11 Å². The fraction of sp³-hybridized carbons (Fsp3) is 0.176. The zero-order valence-corrected chi connectivity index (χ0v) is 14.0. The third-order valence-corrected chi connectivity index (χ3v) is 3.80. The number of carbonyl (C=O) groups excluding carboxylic acids is 1. The Morgan fingerprint density at radius 1 is 0.913 bits per heavy atom. The molecule has 3 N–H and O–H groups in total. The molecule has 2 rings (SSSR count). The van der Waals surface area contributed by atoms with E-state index < -0.39 is 5.97 Å². The number of nitrogens with one attached hydrogen (secondary N) is 2. The van der Waals surface area contributed by atoms with E-state index in [2.05, 4.69) is 26.6 Å². The minimum Gasteiger partial charge on any atom is -0.478 e. The molecule has 5 nitrogen and oxygen atoms in total. The Morgan fingerprint density at radius 2 is 1.52 bits per heavy atom.